The van der Waals surface area contributed by atoms with Crippen LogP contribution in [-0.4, -0.2) is 26.6 Å². The standard InChI is InChI=1S/C30H38N5O3.ClH/c1-6-25(7-2)38-27-13-14-28-34(33-29(31)35(28)32-27)18-26(36)23-15-22(16-24(17-23)30(3,4)5)20-37-19-21-11-9-8-10-12-21;/h8-17,25H,6-7,18-20H2,1-5H3,(H2,31,33);1H/q+1;/p-1. The summed E-state index contributed by atoms with van der Waals surface area (Å²) in [5.41, 5.74) is 10.4. The van der Waals surface area contributed by atoms with Crippen LogP contribution in [0.15, 0.2) is 60.7 Å². The second-order valence-corrected chi connectivity index (χ2v) is 10.6. The fourth-order valence-corrected chi connectivity index (χ4v) is 4.24. The summed E-state index contributed by atoms with van der Waals surface area (Å²) >= 11 is 0. The molecule has 0 radical (unpaired) electrons. The van der Waals surface area contributed by atoms with Crippen LogP contribution in [0.3, 0.4) is 0 Å². The van der Waals surface area contributed by atoms with Crippen molar-refractivity contribution in [1.82, 2.24) is 14.7 Å². The molecule has 208 valence electrons. The van der Waals surface area contributed by atoms with Gasteiger partial charge in [-0.1, -0.05) is 75.5 Å². The van der Waals surface area contributed by atoms with Gasteiger partial charge in [0.1, 0.15) is 6.10 Å². The summed E-state index contributed by atoms with van der Waals surface area (Å²) in [6.07, 6.45) is 1.85. The van der Waals surface area contributed by atoms with E-state index >= 15 is 0 Å². The van der Waals surface area contributed by atoms with Gasteiger partial charge in [0.25, 0.3) is 5.88 Å². The maximum Gasteiger partial charge on any atom is 0.355 e. The maximum atomic E-state index is 13.5. The van der Waals surface area contributed by atoms with Gasteiger partial charge in [-0.15, -0.1) is 4.68 Å². The molecule has 2 heterocycles. The Labute approximate surface area is 236 Å². The summed E-state index contributed by atoms with van der Waals surface area (Å²) in [4.78, 5) is 13.5. The zero-order valence-electron chi connectivity index (χ0n) is 23.4. The van der Waals surface area contributed by atoms with E-state index in [1.807, 2.05) is 48.5 Å². The first-order valence-electron chi connectivity index (χ1n) is 13.2. The van der Waals surface area contributed by atoms with Crippen molar-refractivity contribution in [2.45, 2.75) is 78.7 Å². The van der Waals surface area contributed by atoms with Crippen molar-refractivity contribution in [2.75, 3.05) is 5.73 Å². The molecule has 4 rings (SSSR count). The van der Waals surface area contributed by atoms with Crippen LogP contribution in [0, 0.1) is 0 Å². The third kappa shape index (κ3) is 7.55. The van der Waals surface area contributed by atoms with Crippen molar-refractivity contribution in [3.05, 3.63) is 82.9 Å². The van der Waals surface area contributed by atoms with Gasteiger partial charge in [-0.25, -0.2) is 0 Å². The van der Waals surface area contributed by atoms with Crippen LogP contribution in [0.2, 0.25) is 0 Å². The molecule has 39 heavy (non-hydrogen) atoms. The predicted molar refractivity (Wildman–Crippen MR) is 147 cm³/mol. The van der Waals surface area contributed by atoms with Gasteiger partial charge in [-0.05, 0) is 57.3 Å². The Morgan fingerprint density at radius 1 is 1.00 bits per heavy atom. The van der Waals surface area contributed by atoms with Gasteiger partial charge in [0.2, 0.25) is 5.78 Å². The molecule has 0 saturated heterocycles. The van der Waals surface area contributed by atoms with Crippen molar-refractivity contribution >= 4 is 17.4 Å². The Hall–Kier alpha value is -3.49. The summed E-state index contributed by atoms with van der Waals surface area (Å²) in [6, 6.07) is 19.7. The van der Waals surface area contributed by atoms with Gasteiger partial charge in [0, 0.05) is 17.7 Å². The number of carbonyl (C=O) groups excluding carboxylic acids is 1. The van der Waals surface area contributed by atoms with Gasteiger partial charge in [-0.3, -0.25) is 4.79 Å². The zero-order valence-corrected chi connectivity index (χ0v) is 24.1. The molecule has 0 unspecified atom stereocenters. The lowest BCUT2D eigenvalue weighted by molar-refractivity contribution is -0.714. The van der Waals surface area contributed by atoms with Crippen molar-refractivity contribution in [3.63, 3.8) is 0 Å². The molecule has 0 saturated carbocycles. The van der Waals surface area contributed by atoms with E-state index in [4.69, 9.17) is 15.2 Å². The third-order valence-corrected chi connectivity index (χ3v) is 6.55. The molecule has 0 atom stereocenters. The van der Waals surface area contributed by atoms with E-state index in [-0.39, 0.29) is 42.2 Å². The minimum absolute atomic E-state index is 0. The number of aromatic nitrogens is 4. The Balaban J connectivity index is 0.00000420. The van der Waals surface area contributed by atoms with Crippen molar-refractivity contribution in [1.29, 1.82) is 0 Å². The summed E-state index contributed by atoms with van der Waals surface area (Å²) < 4.78 is 15.0. The molecular weight excluding hydrogens is 514 g/mol. The molecule has 0 bridgehead atoms. The number of anilines is 1. The molecule has 8 nitrogen and oxygen atoms in total. The quantitative estimate of drug-likeness (QED) is 0.226. The van der Waals surface area contributed by atoms with Crippen molar-refractivity contribution < 1.29 is 31.4 Å². The van der Waals surface area contributed by atoms with Crippen LogP contribution in [0.4, 0.5) is 5.95 Å². The lowest BCUT2D eigenvalue weighted by Gasteiger charge is -2.21. The van der Waals surface area contributed by atoms with Gasteiger partial charge in [-0.2, -0.15) is 0 Å². The number of ketones is 1. The van der Waals surface area contributed by atoms with E-state index in [0.717, 1.165) is 29.5 Å². The molecule has 0 spiro atoms. The Bertz CT molecular complexity index is 1400. The lowest BCUT2D eigenvalue weighted by atomic mass is 9.84. The van der Waals surface area contributed by atoms with Crippen LogP contribution in [0.1, 0.15) is 74.5 Å². The van der Waals surface area contributed by atoms with Crippen LogP contribution in [0.5, 0.6) is 5.88 Å². The van der Waals surface area contributed by atoms with E-state index in [1.165, 1.54) is 4.52 Å². The van der Waals surface area contributed by atoms with Crippen LogP contribution >= 0.6 is 0 Å². The fourth-order valence-electron chi connectivity index (χ4n) is 4.24. The molecule has 2 aromatic heterocycles. The summed E-state index contributed by atoms with van der Waals surface area (Å²) in [6.45, 7) is 11.5. The number of Topliss-reactive ketones (excluding diaryl/α,β-unsaturated/α-hetero) is 1. The Morgan fingerprint density at radius 2 is 1.69 bits per heavy atom. The SMILES string of the molecule is CCC(CC)Oc1ccc2n(n1)c(N)n[n+]2CC(=O)c1cc(COCc2ccccc2)cc(C(C)(C)C)c1.[Cl-]. The van der Waals surface area contributed by atoms with Crippen molar-refractivity contribution in [2.24, 2.45) is 0 Å². The minimum Gasteiger partial charge on any atom is -1.00 e. The maximum absolute atomic E-state index is 13.5. The third-order valence-electron chi connectivity index (χ3n) is 6.55. The molecule has 4 aromatic rings. The fraction of sp³-hybridized carbons (Fsp3) is 0.400. The second-order valence-electron chi connectivity index (χ2n) is 10.6. The Kier molecular flexibility index (Phi) is 10.1. The number of fused-ring (bicyclic) bond motifs is 1. The minimum atomic E-state index is -0.127. The van der Waals surface area contributed by atoms with Crippen LogP contribution in [-0.2, 0) is 29.9 Å². The van der Waals surface area contributed by atoms with Gasteiger partial charge >= 0.3 is 11.6 Å². The highest BCUT2D eigenvalue weighted by molar-refractivity contribution is 5.95. The second kappa shape index (κ2) is 13.0. The molecule has 2 N–H and O–H groups in total. The largest absolute Gasteiger partial charge is 1.00 e. The zero-order chi connectivity index (χ0) is 27.3. The number of nitrogens with zero attached hydrogens (tertiary/aromatic N) is 4. The number of benzene rings is 2. The normalized spacial score (nSPS) is 11.5. The molecule has 2 aromatic carbocycles. The van der Waals surface area contributed by atoms with Crippen LogP contribution in [0.25, 0.3) is 5.65 Å². The molecule has 0 aliphatic heterocycles. The number of ether oxygens (including phenoxy) is 2. The molecule has 9 heteroatoms. The first kappa shape index (κ1) is 30.1. The predicted octanol–water partition coefficient (Wildman–Crippen LogP) is 2.07. The van der Waals surface area contributed by atoms with Gasteiger partial charge in [0.05, 0.1) is 13.2 Å². The number of nitrogens with two attached hydrogens (primary N) is 1. The Morgan fingerprint density at radius 3 is 2.36 bits per heavy atom. The number of halogens is 1. The average Bonchev–Trinajstić information content (AvgIpc) is 3.21. The van der Waals surface area contributed by atoms with E-state index in [2.05, 4.69) is 50.9 Å². The highest BCUT2D eigenvalue weighted by Gasteiger charge is 2.24. The topological polar surface area (TPSA) is 95.6 Å². The molecule has 0 fully saturated rings. The number of hydrogen-bond donors (Lipinski definition) is 1. The van der Waals surface area contributed by atoms with E-state index < -0.39 is 0 Å². The average molecular weight is 552 g/mol. The summed E-state index contributed by atoms with van der Waals surface area (Å²) in [5, 5.41) is 8.88. The molecule has 0 aliphatic carbocycles. The van der Waals surface area contributed by atoms with E-state index in [9.17, 15) is 4.79 Å². The van der Waals surface area contributed by atoms with Crippen molar-refractivity contribution in [3.8, 4) is 5.88 Å². The first-order chi connectivity index (χ1) is 18.2. The monoisotopic (exact) mass is 551 g/mol. The smallest absolute Gasteiger partial charge is 0.355 e. The highest BCUT2D eigenvalue weighted by Crippen LogP contribution is 2.25. The van der Waals surface area contributed by atoms with E-state index in [1.54, 1.807) is 10.7 Å². The number of carbonyl (C=O) groups is 1. The molecule has 0 aliphatic rings. The highest BCUT2D eigenvalue weighted by atomic mass is 35.5. The van der Waals surface area contributed by atoms with Gasteiger partial charge < -0.3 is 27.6 Å². The van der Waals surface area contributed by atoms with Gasteiger partial charge in [0.15, 0.2) is 6.54 Å². The molecule has 0 amide bonds. The molecular formula is C30H38ClN5O3. The summed E-state index contributed by atoms with van der Waals surface area (Å²) in [5.74, 6) is 0.607. The number of hydrogen-bond acceptors (Lipinski definition) is 6. The van der Waals surface area contributed by atoms with E-state index in [0.29, 0.717) is 30.3 Å². The number of nitrogen functional groups attached to an aromatic ring is 1. The van der Waals surface area contributed by atoms with Crippen LogP contribution < -0.4 is 27.6 Å². The lowest BCUT2D eigenvalue weighted by Crippen LogP contribution is -3.00. The first-order valence-corrected chi connectivity index (χ1v) is 13.2. The summed E-state index contributed by atoms with van der Waals surface area (Å²) in [7, 11) is 0. The number of rotatable bonds is 11.